The van der Waals surface area contributed by atoms with Crippen LogP contribution in [0.1, 0.15) is 6.42 Å². The largest absolute Gasteiger partial charge is 0.486 e. The molecule has 0 amide bonds. The first-order valence-electron chi connectivity index (χ1n) is 9.99. The lowest BCUT2D eigenvalue weighted by Crippen LogP contribution is -2.17. The Morgan fingerprint density at radius 1 is 1.15 bits per heavy atom. The molecule has 0 radical (unpaired) electrons. The van der Waals surface area contributed by atoms with Gasteiger partial charge in [0.2, 0.25) is 0 Å². The van der Waals surface area contributed by atoms with Crippen molar-refractivity contribution in [1.82, 2.24) is 9.97 Å². The van der Waals surface area contributed by atoms with Crippen molar-refractivity contribution in [2.45, 2.75) is 12.5 Å². The van der Waals surface area contributed by atoms with Gasteiger partial charge in [-0.1, -0.05) is 11.6 Å². The van der Waals surface area contributed by atoms with E-state index in [9.17, 15) is 20.2 Å². The van der Waals surface area contributed by atoms with Gasteiger partial charge >= 0.3 is 0 Å². The summed E-state index contributed by atoms with van der Waals surface area (Å²) in [6, 6.07) is 12.7. The standard InChI is InChI=1S/C23H15ClFN7O2/c24-17-5-14(1-2-18(17)25)31-23-16-6-20(32-21(10-28)13(8-26)9-27)22(7-19(16)29-12-30-23)34-15-3-4-33-11-15/h1-2,5-7,12,15,32H,3-4,11H2,(H,29,30,31). The molecule has 168 valence electrons. The lowest BCUT2D eigenvalue weighted by Gasteiger charge is -2.18. The third-order valence-electron chi connectivity index (χ3n) is 4.95. The second-order valence-corrected chi connectivity index (χ2v) is 7.56. The fourth-order valence-corrected chi connectivity index (χ4v) is 3.47. The molecule has 2 heterocycles. The van der Waals surface area contributed by atoms with Crippen LogP contribution in [0.5, 0.6) is 5.75 Å². The number of hydrogen-bond donors (Lipinski definition) is 2. The second kappa shape index (κ2) is 10.0. The molecule has 9 nitrogen and oxygen atoms in total. The number of allylic oxidation sites excluding steroid dienone is 2. The van der Waals surface area contributed by atoms with Crippen LogP contribution in [0.15, 0.2) is 47.9 Å². The maximum absolute atomic E-state index is 13.5. The van der Waals surface area contributed by atoms with Gasteiger partial charge in [0.25, 0.3) is 0 Å². The fraction of sp³-hybridized carbons (Fsp3) is 0.174. The summed E-state index contributed by atoms with van der Waals surface area (Å²) in [6.45, 7) is 0.968. The maximum atomic E-state index is 13.5. The summed E-state index contributed by atoms with van der Waals surface area (Å²) in [5, 5.41) is 34.3. The average Bonchev–Trinajstić information content (AvgIpc) is 3.35. The quantitative estimate of drug-likeness (QED) is 0.490. The van der Waals surface area contributed by atoms with E-state index in [2.05, 4.69) is 20.6 Å². The number of nitriles is 3. The first kappa shape index (κ1) is 22.8. The van der Waals surface area contributed by atoms with E-state index in [-0.39, 0.29) is 22.4 Å². The van der Waals surface area contributed by atoms with Gasteiger partial charge in [0.1, 0.15) is 53.7 Å². The molecule has 4 rings (SSSR count). The van der Waals surface area contributed by atoms with Crippen molar-refractivity contribution in [2.75, 3.05) is 23.8 Å². The van der Waals surface area contributed by atoms with Crippen molar-refractivity contribution < 1.29 is 13.9 Å². The van der Waals surface area contributed by atoms with Gasteiger partial charge in [-0.2, -0.15) is 15.8 Å². The number of anilines is 3. The highest BCUT2D eigenvalue weighted by atomic mass is 35.5. The Kier molecular flexibility index (Phi) is 6.70. The highest BCUT2D eigenvalue weighted by Gasteiger charge is 2.21. The minimum Gasteiger partial charge on any atom is -0.486 e. The van der Waals surface area contributed by atoms with E-state index in [1.165, 1.54) is 24.5 Å². The number of aromatic nitrogens is 2. The number of nitrogens with zero attached hydrogens (tertiary/aromatic N) is 5. The zero-order valence-electron chi connectivity index (χ0n) is 17.5. The molecule has 1 saturated heterocycles. The summed E-state index contributed by atoms with van der Waals surface area (Å²) in [4.78, 5) is 8.57. The molecule has 0 aliphatic carbocycles. The Hall–Kier alpha value is -4.43. The summed E-state index contributed by atoms with van der Waals surface area (Å²) in [5.41, 5.74) is 0.746. The predicted octanol–water partition coefficient (Wildman–Crippen LogP) is 4.57. The number of hydrogen-bond acceptors (Lipinski definition) is 9. The molecule has 1 aliphatic rings. The molecule has 1 aliphatic heterocycles. The van der Waals surface area contributed by atoms with Gasteiger partial charge in [0.05, 0.1) is 29.4 Å². The van der Waals surface area contributed by atoms with Crippen molar-refractivity contribution in [2.24, 2.45) is 0 Å². The maximum Gasteiger partial charge on any atom is 0.163 e. The van der Waals surface area contributed by atoms with Crippen LogP contribution < -0.4 is 15.4 Å². The van der Waals surface area contributed by atoms with Crippen LogP contribution in [-0.2, 0) is 4.74 Å². The molecule has 1 aromatic heterocycles. The molecule has 34 heavy (non-hydrogen) atoms. The highest BCUT2D eigenvalue weighted by Crippen LogP contribution is 2.35. The number of fused-ring (bicyclic) bond motifs is 1. The predicted molar refractivity (Wildman–Crippen MR) is 122 cm³/mol. The summed E-state index contributed by atoms with van der Waals surface area (Å²) in [5.74, 6) is 0.195. The van der Waals surface area contributed by atoms with Gasteiger partial charge in [-0.3, -0.25) is 0 Å². The molecule has 2 N–H and O–H groups in total. The van der Waals surface area contributed by atoms with Gasteiger partial charge < -0.3 is 20.1 Å². The number of benzene rings is 2. The minimum atomic E-state index is -0.550. The van der Waals surface area contributed by atoms with Gasteiger partial charge in [-0.15, -0.1) is 0 Å². The van der Waals surface area contributed by atoms with Crippen molar-refractivity contribution in [3.05, 3.63) is 58.8 Å². The summed E-state index contributed by atoms with van der Waals surface area (Å²) < 4.78 is 25.0. The van der Waals surface area contributed by atoms with Crippen LogP contribution in [0.4, 0.5) is 21.6 Å². The SMILES string of the molecule is N#CC(C#N)=C(C#N)Nc1cc2c(Nc3ccc(F)c(Cl)c3)ncnc2cc1OC1CCOC1. The third-order valence-corrected chi connectivity index (χ3v) is 5.24. The molecule has 11 heteroatoms. The molecule has 1 atom stereocenters. The summed E-state index contributed by atoms with van der Waals surface area (Å²) in [7, 11) is 0. The topological polar surface area (TPSA) is 140 Å². The lowest BCUT2D eigenvalue weighted by molar-refractivity contribution is 0.142. The minimum absolute atomic E-state index is 0.0514. The van der Waals surface area contributed by atoms with Gasteiger partial charge in [-0.25, -0.2) is 14.4 Å². The smallest absolute Gasteiger partial charge is 0.163 e. The van der Waals surface area contributed by atoms with Crippen molar-refractivity contribution in [3.8, 4) is 24.0 Å². The van der Waals surface area contributed by atoms with Gasteiger partial charge in [0, 0.05) is 23.6 Å². The molecule has 1 unspecified atom stereocenters. The Morgan fingerprint density at radius 2 is 1.97 bits per heavy atom. The Bertz CT molecular complexity index is 1400. The Balaban J connectivity index is 1.81. The van der Waals surface area contributed by atoms with E-state index in [1.54, 1.807) is 24.3 Å². The summed E-state index contributed by atoms with van der Waals surface area (Å²) in [6.07, 6.45) is 1.83. The molecular weight excluding hydrogens is 461 g/mol. The molecule has 2 aromatic carbocycles. The second-order valence-electron chi connectivity index (χ2n) is 7.16. The number of ether oxygens (including phenoxy) is 2. The van der Waals surface area contributed by atoms with Crippen molar-refractivity contribution in [3.63, 3.8) is 0 Å². The van der Waals surface area contributed by atoms with E-state index >= 15 is 0 Å². The molecule has 0 spiro atoms. The molecule has 0 bridgehead atoms. The van der Waals surface area contributed by atoms with E-state index in [4.69, 9.17) is 21.1 Å². The first-order valence-corrected chi connectivity index (χ1v) is 10.4. The molecule has 0 saturated carbocycles. The zero-order valence-corrected chi connectivity index (χ0v) is 18.2. The van der Waals surface area contributed by atoms with E-state index in [1.807, 2.05) is 6.07 Å². The van der Waals surface area contributed by atoms with Crippen LogP contribution >= 0.6 is 11.6 Å². The van der Waals surface area contributed by atoms with Crippen LogP contribution in [0.3, 0.4) is 0 Å². The van der Waals surface area contributed by atoms with E-state index < -0.39 is 5.82 Å². The molecule has 3 aromatic rings. The lowest BCUT2D eigenvalue weighted by atomic mass is 10.1. The van der Waals surface area contributed by atoms with E-state index in [0.29, 0.717) is 53.5 Å². The van der Waals surface area contributed by atoms with Gasteiger partial charge in [0.15, 0.2) is 5.57 Å². The van der Waals surface area contributed by atoms with Gasteiger partial charge in [-0.05, 0) is 24.3 Å². The Labute approximate surface area is 198 Å². The van der Waals surface area contributed by atoms with Crippen LogP contribution in [0, 0.1) is 39.8 Å². The van der Waals surface area contributed by atoms with Crippen molar-refractivity contribution >= 4 is 39.7 Å². The molecular formula is C23H15ClFN7O2. The number of nitrogens with one attached hydrogen (secondary N) is 2. The average molecular weight is 476 g/mol. The third kappa shape index (κ3) is 4.82. The monoisotopic (exact) mass is 475 g/mol. The van der Waals surface area contributed by atoms with E-state index in [0.717, 1.165) is 0 Å². The molecule has 1 fully saturated rings. The normalized spacial score (nSPS) is 14.5. The summed E-state index contributed by atoms with van der Waals surface area (Å²) >= 11 is 5.88. The fourth-order valence-electron chi connectivity index (χ4n) is 3.29. The van der Waals surface area contributed by atoms with Crippen LogP contribution in [0.2, 0.25) is 5.02 Å². The van der Waals surface area contributed by atoms with Crippen LogP contribution in [-0.4, -0.2) is 29.3 Å². The first-order chi connectivity index (χ1) is 16.5. The zero-order chi connectivity index (χ0) is 24.1. The number of rotatable bonds is 6. The highest BCUT2D eigenvalue weighted by molar-refractivity contribution is 6.31. The van der Waals surface area contributed by atoms with Crippen molar-refractivity contribution in [1.29, 1.82) is 15.8 Å². The number of halogens is 2. The Morgan fingerprint density at radius 3 is 2.65 bits per heavy atom. The van der Waals surface area contributed by atoms with Crippen LogP contribution in [0.25, 0.3) is 10.9 Å².